The summed E-state index contributed by atoms with van der Waals surface area (Å²) in [6.07, 6.45) is 7.74. The molecular weight excluding hydrogens is 264 g/mol. The first kappa shape index (κ1) is 14.5. The lowest BCUT2D eigenvalue weighted by molar-refractivity contribution is 0.0393. The Hall–Kier alpha value is -1.43. The molecule has 3 heterocycles. The molecule has 2 N–H and O–H groups in total. The third-order valence-electron chi connectivity index (χ3n) is 4.61. The van der Waals surface area contributed by atoms with Gasteiger partial charge in [-0.1, -0.05) is 0 Å². The number of aliphatic hydroxyl groups is 1. The molecule has 0 aromatic carbocycles. The maximum absolute atomic E-state index is 9.68. The van der Waals surface area contributed by atoms with Gasteiger partial charge in [-0.25, -0.2) is 0 Å². The molecule has 0 spiro atoms. The van der Waals surface area contributed by atoms with Crippen LogP contribution in [-0.4, -0.2) is 52.0 Å². The third-order valence-corrected chi connectivity index (χ3v) is 4.61. The molecule has 0 aliphatic carbocycles. The van der Waals surface area contributed by atoms with Crippen LogP contribution in [0.5, 0.6) is 0 Å². The minimum atomic E-state index is -0.134. The Morgan fingerprint density at radius 1 is 1.33 bits per heavy atom. The summed E-state index contributed by atoms with van der Waals surface area (Å²) in [4.78, 5) is 6.68. The molecule has 5 nitrogen and oxygen atoms in total. The Morgan fingerprint density at radius 3 is 2.81 bits per heavy atom. The summed E-state index contributed by atoms with van der Waals surface area (Å²) in [5, 5.41) is 14.4. The molecule has 5 heteroatoms. The van der Waals surface area contributed by atoms with Crippen molar-refractivity contribution in [2.45, 2.75) is 38.1 Å². The zero-order chi connectivity index (χ0) is 14.8. The van der Waals surface area contributed by atoms with Crippen molar-refractivity contribution in [2.24, 2.45) is 0 Å². The quantitative estimate of drug-likeness (QED) is 0.897. The number of likely N-dealkylation sites (N-methyl/N-ethyl adjacent to an activating group) is 1. The first-order valence-corrected chi connectivity index (χ1v) is 7.70. The van der Waals surface area contributed by atoms with Crippen LogP contribution in [0.2, 0.25) is 0 Å². The Kier molecular flexibility index (Phi) is 4.24. The molecule has 1 aliphatic rings. The summed E-state index contributed by atoms with van der Waals surface area (Å²) < 4.78 is 2.29. The molecule has 114 valence electrons. The van der Waals surface area contributed by atoms with Crippen molar-refractivity contribution >= 4 is 10.9 Å². The van der Waals surface area contributed by atoms with Crippen molar-refractivity contribution in [3.8, 4) is 0 Å². The van der Waals surface area contributed by atoms with E-state index in [1.54, 1.807) is 0 Å². The SMILES string of the molecule is CNC(C(C)n1ccc2ccncc21)N1CCC(O)CC1. The summed E-state index contributed by atoms with van der Waals surface area (Å²) >= 11 is 0. The average molecular weight is 288 g/mol. The largest absolute Gasteiger partial charge is 0.393 e. The molecule has 1 fully saturated rings. The minimum absolute atomic E-state index is 0.134. The molecule has 21 heavy (non-hydrogen) atoms. The van der Waals surface area contributed by atoms with Crippen LogP contribution in [0.3, 0.4) is 0 Å². The van der Waals surface area contributed by atoms with E-state index in [1.165, 1.54) is 10.9 Å². The highest BCUT2D eigenvalue weighted by molar-refractivity contribution is 5.79. The zero-order valence-electron chi connectivity index (χ0n) is 12.7. The number of hydrogen-bond donors (Lipinski definition) is 2. The fraction of sp³-hybridized carbons (Fsp3) is 0.562. The molecule has 0 saturated carbocycles. The number of pyridine rings is 1. The molecule has 3 rings (SSSR count). The van der Waals surface area contributed by atoms with Gasteiger partial charge in [0, 0.05) is 30.9 Å². The van der Waals surface area contributed by atoms with E-state index in [2.05, 4.69) is 39.0 Å². The number of piperidine rings is 1. The smallest absolute Gasteiger partial charge is 0.0806 e. The first-order valence-electron chi connectivity index (χ1n) is 7.70. The minimum Gasteiger partial charge on any atom is -0.393 e. The lowest BCUT2D eigenvalue weighted by Crippen LogP contribution is -2.52. The van der Waals surface area contributed by atoms with Gasteiger partial charge in [0.1, 0.15) is 0 Å². The Balaban J connectivity index is 1.83. The normalized spacial score (nSPS) is 20.7. The van der Waals surface area contributed by atoms with Crippen LogP contribution < -0.4 is 5.32 Å². The fourth-order valence-electron chi connectivity index (χ4n) is 3.39. The van der Waals surface area contributed by atoms with Crippen molar-refractivity contribution in [1.82, 2.24) is 19.8 Å². The summed E-state index contributed by atoms with van der Waals surface area (Å²) in [5.41, 5.74) is 1.17. The summed E-state index contributed by atoms with van der Waals surface area (Å²) in [5.74, 6) is 0. The molecule has 0 amide bonds. The lowest BCUT2D eigenvalue weighted by Gasteiger charge is -2.39. The van der Waals surface area contributed by atoms with Crippen molar-refractivity contribution in [1.29, 1.82) is 0 Å². The van der Waals surface area contributed by atoms with Crippen LogP contribution in [-0.2, 0) is 0 Å². The van der Waals surface area contributed by atoms with Gasteiger partial charge >= 0.3 is 0 Å². The van der Waals surface area contributed by atoms with Gasteiger partial charge in [-0.2, -0.15) is 0 Å². The van der Waals surface area contributed by atoms with Gasteiger partial charge in [0.15, 0.2) is 0 Å². The second kappa shape index (κ2) is 6.13. The van der Waals surface area contributed by atoms with Crippen LogP contribution in [0.1, 0.15) is 25.8 Å². The summed E-state index contributed by atoms with van der Waals surface area (Å²) in [7, 11) is 2.01. The summed E-state index contributed by atoms with van der Waals surface area (Å²) in [6.45, 7) is 4.11. The third kappa shape index (κ3) is 2.81. The number of rotatable bonds is 4. The molecule has 0 bridgehead atoms. The monoisotopic (exact) mass is 288 g/mol. The van der Waals surface area contributed by atoms with Crippen LogP contribution in [0.15, 0.2) is 30.7 Å². The number of likely N-dealkylation sites (tertiary alicyclic amines) is 1. The Labute approximate surface area is 125 Å². The van der Waals surface area contributed by atoms with Gasteiger partial charge in [0.05, 0.1) is 30.0 Å². The number of aliphatic hydroxyl groups excluding tert-OH is 1. The van der Waals surface area contributed by atoms with Gasteiger partial charge in [0.2, 0.25) is 0 Å². The van der Waals surface area contributed by atoms with E-state index in [-0.39, 0.29) is 12.3 Å². The molecule has 1 aliphatic heterocycles. The predicted molar refractivity (Wildman–Crippen MR) is 84.1 cm³/mol. The van der Waals surface area contributed by atoms with Crippen molar-refractivity contribution in [3.05, 3.63) is 30.7 Å². The van der Waals surface area contributed by atoms with Crippen molar-refractivity contribution < 1.29 is 5.11 Å². The lowest BCUT2D eigenvalue weighted by atomic mass is 10.1. The number of nitrogens with zero attached hydrogens (tertiary/aromatic N) is 3. The number of nitrogens with one attached hydrogen (secondary N) is 1. The number of aromatic nitrogens is 2. The maximum Gasteiger partial charge on any atom is 0.0806 e. The highest BCUT2D eigenvalue weighted by atomic mass is 16.3. The van der Waals surface area contributed by atoms with Gasteiger partial charge in [0.25, 0.3) is 0 Å². The van der Waals surface area contributed by atoms with Gasteiger partial charge < -0.3 is 15.0 Å². The van der Waals surface area contributed by atoms with E-state index in [4.69, 9.17) is 0 Å². The average Bonchev–Trinajstić information content (AvgIpc) is 2.94. The van der Waals surface area contributed by atoms with Gasteiger partial charge in [-0.15, -0.1) is 0 Å². The Morgan fingerprint density at radius 2 is 2.10 bits per heavy atom. The molecule has 2 aromatic heterocycles. The molecule has 2 aromatic rings. The maximum atomic E-state index is 9.68. The second-order valence-electron chi connectivity index (χ2n) is 5.90. The predicted octanol–water partition coefficient (Wildman–Crippen LogP) is 1.60. The zero-order valence-corrected chi connectivity index (χ0v) is 12.7. The number of hydrogen-bond acceptors (Lipinski definition) is 4. The van der Waals surface area contributed by atoms with E-state index < -0.39 is 0 Å². The van der Waals surface area contributed by atoms with Crippen LogP contribution in [0, 0.1) is 0 Å². The van der Waals surface area contributed by atoms with E-state index >= 15 is 0 Å². The van der Waals surface area contributed by atoms with Crippen LogP contribution >= 0.6 is 0 Å². The molecular formula is C16H24N4O. The topological polar surface area (TPSA) is 53.3 Å². The first-order chi connectivity index (χ1) is 10.2. The van der Waals surface area contributed by atoms with Gasteiger partial charge in [-0.05, 0) is 38.9 Å². The van der Waals surface area contributed by atoms with Crippen LogP contribution in [0.4, 0.5) is 0 Å². The molecule has 2 unspecified atom stereocenters. The van der Waals surface area contributed by atoms with E-state index in [0.29, 0.717) is 6.04 Å². The molecule has 2 atom stereocenters. The fourth-order valence-corrected chi connectivity index (χ4v) is 3.39. The second-order valence-corrected chi connectivity index (χ2v) is 5.90. The van der Waals surface area contributed by atoms with E-state index in [9.17, 15) is 5.11 Å². The van der Waals surface area contributed by atoms with Gasteiger partial charge in [-0.3, -0.25) is 9.88 Å². The Bertz CT molecular complexity index is 589. The van der Waals surface area contributed by atoms with Crippen molar-refractivity contribution in [2.75, 3.05) is 20.1 Å². The highest BCUT2D eigenvalue weighted by Crippen LogP contribution is 2.24. The van der Waals surface area contributed by atoms with E-state index in [0.717, 1.165) is 25.9 Å². The van der Waals surface area contributed by atoms with Crippen molar-refractivity contribution in [3.63, 3.8) is 0 Å². The number of fused-ring (bicyclic) bond motifs is 1. The summed E-state index contributed by atoms with van der Waals surface area (Å²) in [6, 6.07) is 4.48. The van der Waals surface area contributed by atoms with Crippen LogP contribution in [0.25, 0.3) is 10.9 Å². The molecule has 0 radical (unpaired) electrons. The highest BCUT2D eigenvalue weighted by Gasteiger charge is 2.28. The van der Waals surface area contributed by atoms with E-state index in [1.807, 2.05) is 25.5 Å². The molecule has 1 saturated heterocycles. The standard InChI is InChI=1S/C16H24N4O/c1-12(16(17-2)19-8-5-14(21)6-9-19)20-10-4-13-3-7-18-11-15(13)20/h3-4,7,10-12,14,16-17,21H,5-6,8-9H2,1-2H3.